The Morgan fingerprint density at radius 2 is 2.00 bits per heavy atom. The number of aliphatic hydroxyl groups excluding tert-OH is 1. The smallest absolute Gasteiger partial charge is 0.123 e. The first kappa shape index (κ1) is 22.3. The summed E-state index contributed by atoms with van der Waals surface area (Å²) in [5, 5.41) is 9.86. The van der Waals surface area contributed by atoms with Crippen LogP contribution in [0.15, 0.2) is 40.2 Å². The van der Waals surface area contributed by atoms with E-state index in [1.165, 1.54) is 18.4 Å². The summed E-state index contributed by atoms with van der Waals surface area (Å²) >= 11 is 0. The number of aliphatic imine (C=N–C) groups is 1. The lowest BCUT2D eigenvalue weighted by Crippen LogP contribution is -2.52. The standard InChI is InChI=1S/C24H40N4O/c1-6-7-18-10-11-26-23(25)22(18)24(3,4)12-19(17(2)16-29)13-28-14-20-8-9-21(15-28)27(20)5/h11-12,18,20-21,29H,2,6-10,13-16,25H2,1,3-5H3/b19-12-/t18-,20?,21?/m0/s1. The van der Waals surface area contributed by atoms with E-state index in [2.05, 4.69) is 55.3 Å². The Morgan fingerprint density at radius 3 is 2.59 bits per heavy atom. The Bertz CT molecular complexity index is 692. The SMILES string of the molecule is C=C(CO)/C(=C\C(C)(C)C1=C(N)N=CC[C@@H]1CCC)CN1CC2CCC(C1)N2C. The number of hydrogen-bond donors (Lipinski definition) is 2. The maximum absolute atomic E-state index is 9.86. The molecule has 0 aromatic carbocycles. The maximum Gasteiger partial charge on any atom is 0.123 e. The summed E-state index contributed by atoms with van der Waals surface area (Å²) in [4.78, 5) is 9.54. The number of hydrogen-bond acceptors (Lipinski definition) is 5. The van der Waals surface area contributed by atoms with Crippen LogP contribution in [0.25, 0.3) is 0 Å². The van der Waals surface area contributed by atoms with Crippen molar-refractivity contribution in [2.75, 3.05) is 33.3 Å². The molecule has 3 aliphatic heterocycles. The van der Waals surface area contributed by atoms with Crippen LogP contribution in [0.1, 0.15) is 52.9 Å². The minimum atomic E-state index is -0.222. The number of rotatable bonds is 8. The van der Waals surface area contributed by atoms with E-state index in [9.17, 15) is 5.11 Å². The fourth-order valence-corrected chi connectivity index (χ4v) is 5.59. The highest BCUT2D eigenvalue weighted by Gasteiger charge is 2.38. The van der Waals surface area contributed by atoms with E-state index >= 15 is 0 Å². The average Bonchev–Trinajstić information content (AvgIpc) is 2.88. The molecule has 2 fully saturated rings. The van der Waals surface area contributed by atoms with Gasteiger partial charge < -0.3 is 10.8 Å². The third-order valence-corrected chi connectivity index (χ3v) is 7.13. The van der Waals surface area contributed by atoms with Crippen LogP contribution in [0.4, 0.5) is 0 Å². The van der Waals surface area contributed by atoms with Gasteiger partial charge in [0.1, 0.15) is 5.82 Å². The molecule has 3 rings (SSSR count). The Hall–Kier alpha value is -1.43. The van der Waals surface area contributed by atoms with Crippen LogP contribution >= 0.6 is 0 Å². The van der Waals surface area contributed by atoms with E-state index in [0.717, 1.165) is 50.0 Å². The molecule has 3 heterocycles. The zero-order valence-electron chi connectivity index (χ0n) is 18.8. The topological polar surface area (TPSA) is 65.1 Å². The molecule has 0 amide bonds. The second kappa shape index (κ2) is 9.15. The molecule has 2 unspecified atom stereocenters. The molecule has 3 atom stereocenters. The first-order chi connectivity index (χ1) is 13.8. The number of allylic oxidation sites excluding steroid dienone is 2. The van der Waals surface area contributed by atoms with Crippen LogP contribution in [-0.4, -0.2) is 66.5 Å². The molecule has 2 saturated heterocycles. The lowest BCUT2D eigenvalue weighted by atomic mass is 9.72. The van der Waals surface area contributed by atoms with Crippen LogP contribution < -0.4 is 5.73 Å². The van der Waals surface area contributed by atoms with Crippen molar-refractivity contribution in [2.45, 2.75) is 65.0 Å². The Balaban J connectivity index is 1.85. The van der Waals surface area contributed by atoms with Crippen LogP contribution in [0.5, 0.6) is 0 Å². The summed E-state index contributed by atoms with van der Waals surface area (Å²) in [6.07, 6.45) is 10.1. The highest BCUT2D eigenvalue weighted by Crippen LogP contribution is 2.41. The van der Waals surface area contributed by atoms with E-state index in [-0.39, 0.29) is 12.0 Å². The number of likely N-dealkylation sites (N-methyl/N-ethyl adjacent to an activating group) is 1. The first-order valence-corrected chi connectivity index (χ1v) is 11.2. The van der Waals surface area contributed by atoms with Gasteiger partial charge in [0.15, 0.2) is 0 Å². The summed E-state index contributed by atoms with van der Waals surface area (Å²) in [6, 6.07) is 1.32. The summed E-state index contributed by atoms with van der Waals surface area (Å²) < 4.78 is 0. The van der Waals surface area contributed by atoms with E-state index in [1.54, 1.807) is 0 Å². The van der Waals surface area contributed by atoms with Gasteiger partial charge >= 0.3 is 0 Å². The molecule has 162 valence electrons. The molecule has 5 heteroatoms. The van der Waals surface area contributed by atoms with Crippen LogP contribution in [0.3, 0.4) is 0 Å². The van der Waals surface area contributed by atoms with Gasteiger partial charge in [0.05, 0.1) is 6.61 Å². The van der Waals surface area contributed by atoms with Crippen molar-refractivity contribution in [3.05, 3.63) is 35.2 Å². The second-order valence-electron chi connectivity index (χ2n) is 9.73. The quantitative estimate of drug-likeness (QED) is 0.614. The van der Waals surface area contributed by atoms with Crippen LogP contribution in [0.2, 0.25) is 0 Å². The van der Waals surface area contributed by atoms with E-state index in [1.807, 2.05) is 6.21 Å². The molecule has 0 aliphatic carbocycles. The van der Waals surface area contributed by atoms with Crippen molar-refractivity contribution in [1.29, 1.82) is 0 Å². The molecular formula is C24H40N4O. The molecule has 3 N–H and O–H groups in total. The van der Waals surface area contributed by atoms with Crippen LogP contribution in [0, 0.1) is 11.3 Å². The van der Waals surface area contributed by atoms with Crippen molar-refractivity contribution in [3.63, 3.8) is 0 Å². The molecule has 0 saturated carbocycles. The molecule has 5 nitrogen and oxygen atoms in total. The molecule has 0 radical (unpaired) electrons. The van der Waals surface area contributed by atoms with Gasteiger partial charge in [0, 0.05) is 43.3 Å². The van der Waals surface area contributed by atoms with Gasteiger partial charge in [0.25, 0.3) is 0 Å². The minimum absolute atomic E-state index is 0.00636. The normalized spacial score (nSPS) is 29.0. The predicted octanol–water partition coefficient (Wildman–Crippen LogP) is 3.33. The first-order valence-electron chi connectivity index (χ1n) is 11.2. The maximum atomic E-state index is 9.86. The predicted molar refractivity (Wildman–Crippen MR) is 122 cm³/mol. The highest BCUT2D eigenvalue weighted by molar-refractivity contribution is 5.63. The van der Waals surface area contributed by atoms with Crippen molar-refractivity contribution in [2.24, 2.45) is 22.1 Å². The lowest BCUT2D eigenvalue weighted by Gasteiger charge is -2.40. The van der Waals surface area contributed by atoms with Gasteiger partial charge in [-0.3, -0.25) is 9.80 Å². The van der Waals surface area contributed by atoms with Gasteiger partial charge in [-0.15, -0.1) is 0 Å². The minimum Gasteiger partial charge on any atom is -0.392 e. The molecule has 0 aromatic rings. The van der Waals surface area contributed by atoms with Gasteiger partial charge in [0.2, 0.25) is 0 Å². The Morgan fingerprint density at radius 1 is 1.34 bits per heavy atom. The monoisotopic (exact) mass is 400 g/mol. The average molecular weight is 401 g/mol. The van der Waals surface area contributed by atoms with Gasteiger partial charge in [-0.2, -0.15) is 0 Å². The lowest BCUT2D eigenvalue weighted by molar-refractivity contribution is 0.0953. The van der Waals surface area contributed by atoms with Crippen LogP contribution in [-0.2, 0) is 0 Å². The van der Waals surface area contributed by atoms with Crippen molar-refractivity contribution >= 4 is 6.21 Å². The Kier molecular flexibility index (Phi) is 7.02. The summed E-state index contributed by atoms with van der Waals surface area (Å²) in [7, 11) is 2.26. The molecule has 29 heavy (non-hydrogen) atoms. The zero-order valence-corrected chi connectivity index (χ0v) is 18.8. The fraction of sp³-hybridized carbons (Fsp3) is 0.708. The second-order valence-corrected chi connectivity index (χ2v) is 9.73. The number of nitrogens with two attached hydrogens (primary N) is 1. The summed E-state index contributed by atoms with van der Waals surface area (Å²) in [5.74, 6) is 1.11. The number of aliphatic hydroxyl groups is 1. The molecule has 0 spiro atoms. The summed E-state index contributed by atoms with van der Waals surface area (Å²) in [6.45, 7) is 13.9. The van der Waals surface area contributed by atoms with E-state index < -0.39 is 0 Å². The van der Waals surface area contributed by atoms with E-state index in [4.69, 9.17) is 5.73 Å². The number of fused-ring (bicyclic) bond motifs is 2. The number of likely N-dealkylation sites (tertiary alicyclic amines) is 1. The largest absolute Gasteiger partial charge is 0.392 e. The highest BCUT2D eigenvalue weighted by atomic mass is 16.3. The third-order valence-electron chi connectivity index (χ3n) is 7.13. The van der Waals surface area contributed by atoms with E-state index in [0.29, 0.717) is 23.8 Å². The van der Waals surface area contributed by atoms with Gasteiger partial charge in [-0.25, -0.2) is 4.99 Å². The zero-order chi connectivity index (χ0) is 21.2. The molecular weight excluding hydrogens is 360 g/mol. The molecule has 0 aromatic heterocycles. The summed E-state index contributed by atoms with van der Waals surface area (Å²) in [5.41, 5.74) is 9.36. The molecule has 3 aliphatic rings. The fourth-order valence-electron chi connectivity index (χ4n) is 5.59. The number of nitrogens with zero attached hydrogens (tertiary/aromatic N) is 3. The van der Waals surface area contributed by atoms with Crippen molar-refractivity contribution in [3.8, 4) is 0 Å². The van der Waals surface area contributed by atoms with Crippen molar-refractivity contribution < 1.29 is 5.11 Å². The number of piperazine rings is 1. The van der Waals surface area contributed by atoms with Gasteiger partial charge in [-0.05, 0) is 55.4 Å². The Labute approximate surface area is 177 Å². The van der Waals surface area contributed by atoms with Crippen molar-refractivity contribution in [1.82, 2.24) is 9.80 Å². The molecule has 2 bridgehead atoms. The third kappa shape index (κ3) is 4.84. The van der Waals surface area contributed by atoms with Gasteiger partial charge in [-0.1, -0.05) is 39.8 Å².